The molecule has 1 fully saturated rings. The number of nitrogens with one attached hydrogen (secondary N) is 1. The van der Waals surface area contributed by atoms with Crippen molar-refractivity contribution in [2.24, 2.45) is 0 Å². The maximum absolute atomic E-state index is 13.1. The molecule has 0 bridgehead atoms. The van der Waals surface area contributed by atoms with Gasteiger partial charge >= 0.3 is 0 Å². The highest BCUT2D eigenvalue weighted by molar-refractivity contribution is 5.94. The van der Waals surface area contributed by atoms with Gasteiger partial charge in [-0.05, 0) is 24.3 Å². The Balaban J connectivity index is 1.50. The zero-order chi connectivity index (χ0) is 18.7. The first kappa shape index (κ1) is 17.7. The number of carbonyl (C=O) groups excluding carboxylic acids is 2. The number of aromatic amines is 1. The second-order valence-electron chi connectivity index (χ2n) is 6.03. The summed E-state index contributed by atoms with van der Waals surface area (Å²) in [5, 5.41) is 0. The fourth-order valence-electron chi connectivity index (χ4n) is 2.64. The van der Waals surface area contributed by atoms with Gasteiger partial charge in [-0.1, -0.05) is 6.07 Å². The predicted molar refractivity (Wildman–Crippen MR) is 91.4 cm³/mol. The summed E-state index contributed by atoms with van der Waals surface area (Å²) < 4.78 is 18.4. The average Bonchev–Trinajstić information content (AvgIpc) is 2.58. The number of ether oxygens (including phenoxy) is 1. The largest absolute Gasteiger partial charge is 0.484 e. The van der Waals surface area contributed by atoms with Crippen molar-refractivity contribution in [2.45, 2.75) is 6.04 Å². The first-order valence-corrected chi connectivity index (χ1v) is 8.06. The number of nitrogens with zero attached hydrogens (tertiary/aromatic N) is 2. The summed E-state index contributed by atoms with van der Waals surface area (Å²) in [5.41, 5.74) is -0.380. The smallest absolute Gasteiger partial charge is 0.260 e. The van der Waals surface area contributed by atoms with Crippen LogP contribution in [0.5, 0.6) is 5.75 Å². The van der Waals surface area contributed by atoms with Gasteiger partial charge in [0.25, 0.3) is 17.4 Å². The third kappa shape index (κ3) is 3.74. The van der Waals surface area contributed by atoms with Crippen molar-refractivity contribution < 1.29 is 18.7 Å². The van der Waals surface area contributed by atoms with Gasteiger partial charge in [-0.2, -0.15) is 0 Å². The van der Waals surface area contributed by atoms with Crippen LogP contribution in [0.25, 0.3) is 0 Å². The Labute approximate surface area is 149 Å². The molecule has 0 saturated carbocycles. The van der Waals surface area contributed by atoms with Crippen molar-refractivity contribution >= 4 is 11.8 Å². The van der Waals surface area contributed by atoms with Crippen molar-refractivity contribution in [1.82, 2.24) is 14.8 Å². The number of amides is 2. The van der Waals surface area contributed by atoms with E-state index < -0.39 is 11.4 Å². The molecule has 1 aromatic heterocycles. The Kier molecular flexibility index (Phi) is 5.01. The number of likely N-dealkylation sites (tertiary alicyclic amines) is 1. The van der Waals surface area contributed by atoms with Crippen molar-refractivity contribution in [2.75, 3.05) is 26.7 Å². The van der Waals surface area contributed by atoms with E-state index in [4.69, 9.17) is 4.74 Å². The summed E-state index contributed by atoms with van der Waals surface area (Å²) in [5.74, 6) is -0.787. The molecule has 3 rings (SSSR count). The zero-order valence-corrected chi connectivity index (χ0v) is 14.1. The van der Waals surface area contributed by atoms with Gasteiger partial charge in [0.2, 0.25) is 0 Å². The van der Waals surface area contributed by atoms with Crippen molar-refractivity contribution in [1.29, 1.82) is 0 Å². The summed E-state index contributed by atoms with van der Waals surface area (Å²) >= 11 is 0. The molecule has 0 aliphatic carbocycles. The first-order chi connectivity index (χ1) is 12.5. The Morgan fingerprint density at radius 1 is 1.31 bits per heavy atom. The number of likely N-dealkylation sites (N-methyl/N-ethyl adjacent to an activating group) is 1. The molecule has 1 saturated heterocycles. The van der Waals surface area contributed by atoms with Crippen LogP contribution in [-0.2, 0) is 4.79 Å². The molecule has 136 valence electrons. The van der Waals surface area contributed by atoms with Crippen LogP contribution in [0.15, 0.2) is 47.4 Å². The molecule has 1 aliphatic heterocycles. The number of rotatable bonds is 5. The molecule has 26 heavy (non-hydrogen) atoms. The molecule has 0 radical (unpaired) electrons. The summed E-state index contributed by atoms with van der Waals surface area (Å²) in [6.07, 6.45) is 1.46. The lowest BCUT2D eigenvalue weighted by Crippen LogP contribution is -2.62. The zero-order valence-electron chi connectivity index (χ0n) is 14.1. The topological polar surface area (TPSA) is 82.7 Å². The molecule has 7 nitrogen and oxygen atoms in total. The molecule has 8 heteroatoms. The van der Waals surface area contributed by atoms with Crippen LogP contribution in [-0.4, -0.2) is 59.4 Å². The van der Waals surface area contributed by atoms with Crippen molar-refractivity contribution in [3.05, 3.63) is 64.3 Å². The van der Waals surface area contributed by atoms with E-state index >= 15 is 0 Å². The summed E-state index contributed by atoms with van der Waals surface area (Å²) in [6, 6.07) is 8.45. The number of hydrogen-bond donors (Lipinski definition) is 1. The van der Waals surface area contributed by atoms with Gasteiger partial charge in [0, 0.05) is 32.4 Å². The number of aromatic nitrogens is 1. The number of pyridine rings is 1. The average molecular weight is 359 g/mol. The molecular weight excluding hydrogens is 341 g/mol. The molecular formula is C18H18FN3O4. The normalized spacial score (nSPS) is 13.8. The van der Waals surface area contributed by atoms with E-state index in [0.29, 0.717) is 13.1 Å². The quantitative estimate of drug-likeness (QED) is 0.859. The van der Waals surface area contributed by atoms with Gasteiger partial charge in [-0.3, -0.25) is 14.4 Å². The Morgan fingerprint density at radius 2 is 2.08 bits per heavy atom. The molecule has 1 N–H and O–H groups in total. The summed E-state index contributed by atoms with van der Waals surface area (Å²) in [4.78, 5) is 41.6. The van der Waals surface area contributed by atoms with E-state index in [1.807, 2.05) is 0 Å². The van der Waals surface area contributed by atoms with Gasteiger partial charge < -0.3 is 19.5 Å². The van der Waals surface area contributed by atoms with Crippen LogP contribution in [0.1, 0.15) is 10.4 Å². The van der Waals surface area contributed by atoms with Crippen LogP contribution in [0, 0.1) is 5.82 Å². The van der Waals surface area contributed by atoms with Gasteiger partial charge in [0.15, 0.2) is 6.61 Å². The second kappa shape index (κ2) is 7.38. The summed E-state index contributed by atoms with van der Waals surface area (Å²) in [6.45, 7) is 0.517. The second-order valence-corrected chi connectivity index (χ2v) is 6.03. The monoisotopic (exact) mass is 359 g/mol. The molecule has 2 amide bonds. The van der Waals surface area contributed by atoms with Gasteiger partial charge in [-0.25, -0.2) is 4.39 Å². The third-order valence-corrected chi connectivity index (χ3v) is 4.29. The predicted octanol–water partition coefficient (Wildman–Crippen LogP) is 0.876. The molecule has 0 unspecified atom stereocenters. The van der Waals surface area contributed by atoms with Gasteiger partial charge in [0.1, 0.15) is 17.1 Å². The highest BCUT2D eigenvalue weighted by atomic mass is 19.1. The molecule has 1 aromatic carbocycles. The van der Waals surface area contributed by atoms with Gasteiger partial charge in [-0.15, -0.1) is 0 Å². The van der Waals surface area contributed by atoms with E-state index in [2.05, 4.69) is 4.98 Å². The van der Waals surface area contributed by atoms with E-state index in [0.717, 1.165) is 0 Å². The number of carbonyl (C=O) groups is 2. The minimum Gasteiger partial charge on any atom is -0.484 e. The highest BCUT2D eigenvalue weighted by Gasteiger charge is 2.36. The van der Waals surface area contributed by atoms with E-state index in [1.54, 1.807) is 24.1 Å². The Bertz CT molecular complexity index is 876. The van der Waals surface area contributed by atoms with Gasteiger partial charge in [0.05, 0.1) is 6.04 Å². The van der Waals surface area contributed by atoms with Crippen LogP contribution in [0.4, 0.5) is 4.39 Å². The minimum atomic E-state index is -0.444. The third-order valence-electron chi connectivity index (χ3n) is 4.29. The van der Waals surface area contributed by atoms with Crippen molar-refractivity contribution in [3.63, 3.8) is 0 Å². The van der Waals surface area contributed by atoms with Crippen LogP contribution >= 0.6 is 0 Å². The van der Waals surface area contributed by atoms with E-state index in [-0.39, 0.29) is 35.8 Å². The Morgan fingerprint density at radius 3 is 2.77 bits per heavy atom. The maximum Gasteiger partial charge on any atom is 0.260 e. The number of halogens is 1. The lowest BCUT2D eigenvalue weighted by Gasteiger charge is -2.43. The number of H-pyrrole nitrogens is 1. The SMILES string of the molecule is CN(C(=O)c1ccc[nH]c1=O)C1CN(C(=O)COc2cccc(F)c2)C1. The molecule has 0 atom stereocenters. The van der Waals surface area contributed by atoms with E-state index in [1.165, 1.54) is 35.4 Å². The lowest BCUT2D eigenvalue weighted by atomic mass is 10.1. The first-order valence-electron chi connectivity index (χ1n) is 8.06. The number of benzene rings is 1. The minimum absolute atomic E-state index is 0.0641. The standard InChI is InChI=1S/C18H18FN3O4/c1-21(18(25)15-6-3-7-20-17(15)24)13-9-22(10-13)16(23)11-26-14-5-2-4-12(19)8-14/h2-8,13H,9-11H2,1H3,(H,20,24). The lowest BCUT2D eigenvalue weighted by molar-refractivity contribution is -0.139. The number of hydrogen-bond acceptors (Lipinski definition) is 4. The molecule has 2 heterocycles. The summed E-state index contributed by atoms with van der Waals surface area (Å²) in [7, 11) is 1.60. The molecule has 1 aliphatic rings. The Hall–Kier alpha value is -3.16. The molecule has 2 aromatic rings. The fraction of sp³-hybridized carbons (Fsp3) is 0.278. The fourth-order valence-corrected chi connectivity index (χ4v) is 2.64. The van der Waals surface area contributed by atoms with Crippen molar-refractivity contribution in [3.8, 4) is 5.75 Å². The van der Waals surface area contributed by atoms with Crippen LogP contribution in [0.2, 0.25) is 0 Å². The van der Waals surface area contributed by atoms with Crippen LogP contribution < -0.4 is 10.3 Å². The highest BCUT2D eigenvalue weighted by Crippen LogP contribution is 2.17. The molecule has 0 spiro atoms. The maximum atomic E-state index is 13.1. The van der Waals surface area contributed by atoms with E-state index in [9.17, 15) is 18.8 Å². The van der Waals surface area contributed by atoms with Crippen LogP contribution in [0.3, 0.4) is 0 Å².